The third-order valence-corrected chi connectivity index (χ3v) is 5.23. The Bertz CT molecular complexity index is 479. The molecule has 0 unspecified atom stereocenters. The minimum atomic E-state index is -0.307. The van der Waals surface area contributed by atoms with Crippen LogP contribution >= 0.6 is 0 Å². The van der Waals surface area contributed by atoms with Gasteiger partial charge in [0, 0.05) is 5.41 Å². The average Bonchev–Trinajstić information content (AvgIpc) is 2.67. The van der Waals surface area contributed by atoms with Crippen molar-refractivity contribution in [1.29, 1.82) is 0 Å². The van der Waals surface area contributed by atoms with Crippen LogP contribution in [0.4, 0.5) is 0 Å². The van der Waals surface area contributed by atoms with E-state index in [0.29, 0.717) is 0 Å². The number of unbranched alkanes of at least 4 members (excludes halogenated alkanes) is 3. The van der Waals surface area contributed by atoms with Crippen LogP contribution in [0.3, 0.4) is 0 Å². The molecule has 0 aromatic heterocycles. The van der Waals surface area contributed by atoms with Crippen LogP contribution in [0.15, 0.2) is 48.6 Å². The van der Waals surface area contributed by atoms with Crippen molar-refractivity contribution in [2.75, 3.05) is 0 Å². The minimum Gasteiger partial charge on any atom is -0.369 e. The SMILES string of the molecule is CCCCC/C=C\C/C=C\C/C=C\C/C=C\CCC(CCC)(CCC)C(N)=O. The van der Waals surface area contributed by atoms with E-state index >= 15 is 0 Å². The lowest BCUT2D eigenvalue weighted by Gasteiger charge is -2.29. The van der Waals surface area contributed by atoms with Gasteiger partial charge < -0.3 is 5.73 Å². The average molecular weight is 388 g/mol. The monoisotopic (exact) mass is 387 g/mol. The van der Waals surface area contributed by atoms with Crippen molar-refractivity contribution in [1.82, 2.24) is 0 Å². The van der Waals surface area contributed by atoms with E-state index in [1.54, 1.807) is 0 Å². The van der Waals surface area contributed by atoms with Crippen molar-refractivity contribution < 1.29 is 4.79 Å². The smallest absolute Gasteiger partial charge is 0.223 e. The zero-order valence-electron chi connectivity index (χ0n) is 18.8. The van der Waals surface area contributed by atoms with Gasteiger partial charge in [0.25, 0.3) is 0 Å². The zero-order valence-corrected chi connectivity index (χ0v) is 18.8. The van der Waals surface area contributed by atoms with E-state index < -0.39 is 0 Å². The number of carbonyl (C=O) groups excluding carboxylic acids is 1. The first kappa shape index (κ1) is 26.4. The van der Waals surface area contributed by atoms with Gasteiger partial charge in [0.15, 0.2) is 0 Å². The highest BCUT2D eigenvalue weighted by Gasteiger charge is 2.33. The summed E-state index contributed by atoms with van der Waals surface area (Å²) in [4.78, 5) is 12.0. The number of hydrogen-bond acceptors (Lipinski definition) is 1. The summed E-state index contributed by atoms with van der Waals surface area (Å²) in [6, 6.07) is 0. The van der Waals surface area contributed by atoms with Crippen molar-refractivity contribution in [3.05, 3.63) is 48.6 Å². The molecule has 2 heteroatoms. The number of carbonyl (C=O) groups is 1. The molecule has 160 valence electrons. The standard InChI is InChI=1S/C26H45NO/c1-4-7-8-9-10-11-12-13-14-15-16-17-18-19-20-21-24-26(22-5-2,23-6-3)25(27)28/h10-11,13-14,16-17,19-20H,4-9,12,15,18,21-24H2,1-3H3,(H2,27,28)/b11-10-,14-13-,17-16-,20-19-. The fourth-order valence-electron chi connectivity index (χ4n) is 3.62. The van der Waals surface area contributed by atoms with Crippen LogP contribution < -0.4 is 5.73 Å². The highest BCUT2D eigenvalue weighted by atomic mass is 16.1. The molecule has 0 aliphatic rings. The van der Waals surface area contributed by atoms with Crippen LogP contribution in [0.5, 0.6) is 0 Å². The second kappa shape index (κ2) is 18.8. The maximum atomic E-state index is 12.0. The maximum absolute atomic E-state index is 12.0. The molecule has 0 bridgehead atoms. The summed E-state index contributed by atoms with van der Waals surface area (Å²) in [5.41, 5.74) is 5.42. The first-order chi connectivity index (χ1) is 13.6. The Balaban J connectivity index is 3.96. The topological polar surface area (TPSA) is 43.1 Å². The van der Waals surface area contributed by atoms with E-state index in [2.05, 4.69) is 69.4 Å². The number of amides is 1. The Morgan fingerprint density at radius 3 is 1.54 bits per heavy atom. The summed E-state index contributed by atoms with van der Waals surface area (Å²) >= 11 is 0. The quantitative estimate of drug-likeness (QED) is 0.189. The summed E-state index contributed by atoms with van der Waals surface area (Å²) in [5.74, 6) is -0.118. The van der Waals surface area contributed by atoms with E-state index in [9.17, 15) is 4.79 Å². The maximum Gasteiger partial charge on any atom is 0.223 e. The fraction of sp³-hybridized carbons (Fsp3) is 0.654. The molecule has 0 aliphatic carbocycles. The van der Waals surface area contributed by atoms with Gasteiger partial charge in [-0.1, -0.05) is 95.1 Å². The van der Waals surface area contributed by atoms with Crippen molar-refractivity contribution in [2.24, 2.45) is 11.1 Å². The molecule has 0 spiro atoms. The molecule has 0 aliphatic heterocycles. The molecule has 0 aromatic carbocycles. The zero-order chi connectivity index (χ0) is 20.9. The summed E-state index contributed by atoms with van der Waals surface area (Å²) in [5, 5.41) is 0. The van der Waals surface area contributed by atoms with Crippen molar-refractivity contribution in [2.45, 2.75) is 104 Å². The minimum absolute atomic E-state index is 0.118. The van der Waals surface area contributed by atoms with Gasteiger partial charge in [0.2, 0.25) is 5.91 Å². The van der Waals surface area contributed by atoms with E-state index in [4.69, 9.17) is 5.73 Å². The van der Waals surface area contributed by atoms with Gasteiger partial charge in [0.1, 0.15) is 0 Å². The van der Waals surface area contributed by atoms with Crippen LogP contribution in [0, 0.1) is 5.41 Å². The second-order valence-corrected chi connectivity index (χ2v) is 7.77. The fourth-order valence-corrected chi connectivity index (χ4v) is 3.62. The molecule has 0 heterocycles. The molecule has 0 radical (unpaired) electrons. The number of allylic oxidation sites excluding steroid dienone is 8. The van der Waals surface area contributed by atoms with Gasteiger partial charge in [-0.2, -0.15) is 0 Å². The number of hydrogen-bond donors (Lipinski definition) is 1. The molecule has 0 aromatic rings. The van der Waals surface area contributed by atoms with Crippen molar-refractivity contribution >= 4 is 5.91 Å². The predicted molar refractivity (Wildman–Crippen MR) is 125 cm³/mol. The molecule has 0 saturated heterocycles. The van der Waals surface area contributed by atoms with Crippen LogP contribution in [-0.2, 0) is 4.79 Å². The van der Waals surface area contributed by atoms with Crippen LogP contribution in [0.2, 0.25) is 0 Å². The van der Waals surface area contributed by atoms with Gasteiger partial charge in [-0.15, -0.1) is 0 Å². The normalized spacial score (nSPS) is 13.0. The van der Waals surface area contributed by atoms with Crippen LogP contribution in [0.25, 0.3) is 0 Å². The largest absolute Gasteiger partial charge is 0.369 e. The lowest BCUT2D eigenvalue weighted by molar-refractivity contribution is -0.129. The summed E-state index contributed by atoms with van der Waals surface area (Å²) in [6.07, 6.45) is 31.6. The summed E-state index contributed by atoms with van der Waals surface area (Å²) < 4.78 is 0. The molecule has 1 amide bonds. The summed E-state index contributed by atoms with van der Waals surface area (Å²) in [7, 11) is 0. The lowest BCUT2D eigenvalue weighted by atomic mass is 9.75. The molecule has 2 nitrogen and oxygen atoms in total. The molecule has 0 atom stereocenters. The van der Waals surface area contributed by atoms with E-state index in [0.717, 1.165) is 57.8 Å². The van der Waals surface area contributed by atoms with Crippen LogP contribution in [0.1, 0.15) is 104 Å². The Labute approximate surface area is 175 Å². The van der Waals surface area contributed by atoms with E-state index in [-0.39, 0.29) is 11.3 Å². The van der Waals surface area contributed by atoms with Gasteiger partial charge in [-0.05, 0) is 57.8 Å². The van der Waals surface area contributed by atoms with Gasteiger partial charge in [-0.25, -0.2) is 0 Å². The molecule has 28 heavy (non-hydrogen) atoms. The molecule has 0 fully saturated rings. The Morgan fingerprint density at radius 1 is 0.643 bits per heavy atom. The van der Waals surface area contributed by atoms with Gasteiger partial charge in [-0.3, -0.25) is 4.79 Å². The van der Waals surface area contributed by atoms with Crippen molar-refractivity contribution in [3.63, 3.8) is 0 Å². The Morgan fingerprint density at radius 2 is 1.11 bits per heavy atom. The number of primary amides is 1. The van der Waals surface area contributed by atoms with Gasteiger partial charge in [0.05, 0.1) is 0 Å². The third-order valence-electron chi connectivity index (χ3n) is 5.23. The Hall–Kier alpha value is -1.57. The first-order valence-corrected chi connectivity index (χ1v) is 11.5. The Kier molecular flexibility index (Phi) is 17.7. The van der Waals surface area contributed by atoms with Gasteiger partial charge >= 0.3 is 0 Å². The highest BCUT2D eigenvalue weighted by molar-refractivity contribution is 5.80. The van der Waals surface area contributed by atoms with Crippen molar-refractivity contribution in [3.8, 4) is 0 Å². The molecule has 2 N–H and O–H groups in total. The highest BCUT2D eigenvalue weighted by Crippen LogP contribution is 2.34. The van der Waals surface area contributed by atoms with Crippen LogP contribution in [-0.4, -0.2) is 5.91 Å². The lowest BCUT2D eigenvalue weighted by Crippen LogP contribution is -2.37. The van der Waals surface area contributed by atoms with E-state index in [1.165, 1.54) is 25.7 Å². The van der Waals surface area contributed by atoms with E-state index in [1.807, 2.05) is 0 Å². The second-order valence-electron chi connectivity index (χ2n) is 7.77. The third kappa shape index (κ3) is 13.6. The number of nitrogens with two attached hydrogens (primary N) is 1. The first-order valence-electron chi connectivity index (χ1n) is 11.5. The predicted octanol–water partition coefficient (Wildman–Crippen LogP) is 7.81. The molecule has 0 saturated carbocycles. The molecular formula is C26H45NO. The molecule has 0 rings (SSSR count). The summed E-state index contributed by atoms with van der Waals surface area (Å²) in [6.45, 7) is 6.50. The molecular weight excluding hydrogens is 342 g/mol. The number of rotatable bonds is 18.